The predicted molar refractivity (Wildman–Crippen MR) is 71.1 cm³/mol. The number of amides is 1. The van der Waals surface area contributed by atoms with Crippen molar-refractivity contribution in [2.75, 3.05) is 32.1 Å². The number of methoxy groups -OCH3 is 1. The van der Waals surface area contributed by atoms with E-state index in [9.17, 15) is 4.79 Å². The van der Waals surface area contributed by atoms with Gasteiger partial charge in [0.2, 0.25) is 5.91 Å². The fraction of sp³-hybridized carbons (Fsp3) is 0.417. The maximum Gasteiger partial charge on any atom is 0.239 e. The van der Waals surface area contributed by atoms with Gasteiger partial charge in [-0.25, -0.2) is 9.50 Å². The van der Waals surface area contributed by atoms with E-state index in [4.69, 9.17) is 4.74 Å². The Morgan fingerprint density at radius 2 is 2.37 bits per heavy atom. The molecule has 2 N–H and O–H groups in total. The number of rotatable bonds is 6. The minimum atomic E-state index is -0.0999. The standard InChI is InChI=1S/C12H17N5O2/c1-9-7-10-12(14-3-5-17(10)16-9)15-8-11(18)13-4-6-19-2/h3,5,7H,4,6,8H2,1-2H3,(H,13,18)(H,14,15). The van der Waals surface area contributed by atoms with Crippen LogP contribution in [-0.4, -0.2) is 47.3 Å². The van der Waals surface area contributed by atoms with Gasteiger partial charge in [0.05, 0.1) is 18.8 Å². The average molecular weight is 263 g/mol. The number of hydrogen-bond acceptors (Lipinski definition) is 5. The van der Waals surface area contributed by atoms with Crippen LogP contribution in [0.25, 0.3) is 5.52 Å². The molecule has 0 aliphatic carbocycles. The molecular formula is C12H17N5O2. The highest BCUT2D eigenvalue weighted by Gasteiger charge is 2.06. The van der Waals surface area contributed by atoms with Crippen LogP contribution in [0.4, 0.5) is 5.82 Å². The van der Waals surface area contributed by atoms with Gasteiger partial charge in [0.25, 0.3) is 0 Å². The van der Waals surface area contributed by atoms with E-state index in [1.165, 1.54) is 0 Å². The van der Waals surface area contributed by atoms with Crippen LogP contribution in [0.1, 0.15) is 5.69 Å². The maximum absolute atomic E-state index is 11.6. The molecule has 2 rings (SSSR count). The summed E-state index contributed by atoms with van der Waals surface area (Å²) in [6, 6.07) is 1.91. The SMILES string of the molecule is COCCNC(=O)CNc1nccn2nc(C)cc12. The first-order valence-corrected chi connectivity index (χ1v) is 6.01. The smallest absolute Gasteiger partial charge is 0.239 e. The Labute approximate surface area is 111 Å². The van der Waals surface area contributed by atoms with Crippen LogP contribution in [0.15, 0.2) is 18.5 Å². The lowest BCUT2D eigenvalue weighted by Gasteiger charge is -2.07. The fourth-order valence-corrected chi connectivity index (χ4v) is 1.70. The zero-order chi connectivity index (χ0) is 13.7. The van der Waals surface area contributed by atoms with Crippen molar-refractivity contribution in [3.8, 4) is 0 Å². The summed E-state index contributed by atoms with van der Waals surface area (Å²) in [5, 5.41) is 10.0. The predicted octanol–water partition coefficient (Wildman–Crippen LogP) is 0.212. The first-order valence-electron chi connectivity index (χ1n) is 6.01. The molecule has 0 unspecified atom stereocenters. The highest BCUT2D eigenvalue weighted by molar-refractivity contribution is 5.82. The van der Waals surface area contributed by atoms with Crippen molar-refractivity contribution in [2.45, 2.75) is 6.92 Å². The van der Waals surface area contributed by atoms with Crippen LogP contribution >= 0.6 is 0 Å². The molecule has 1 amide bonds. The number of hydrogen-bond donors (Lipinski definition) is 2. The first-order chi connectivity index (χ1) is 9.20. The van der Waals surface area contributed by atoms with Gasteiger partial charge in [0.15, 0.2) is 5.82 Å². The normalized spacial score (nSPS) is 10.6. The van der Waals surface area contributed by atoms with Gasteiger partial charge in [-0.3, -0.25) is 4.79 Å². The monoisotopic (exact) mass is 263 g/mol. The lowest BCUT2D eigenvalue weighted by atomic mass is 10.4. The largest absolute Gasteiger partial charge is 0.383 e. The van der Waals surface area contributed by atoms with E-state index in [2.05, 4.69) is 20.7 Å². The van der Waals surface area contributed by atoms with Crippen LogP contribution < -0.4 is 10.6 Å². The molecule has 19 heavy (non-hydrogen) atoms. The number of carbonyl (C=O) groups is 1. The molecule has 0 aliphatic heterocycles. The molecule has 0 radical (unpaired) electrons. The summed E-state index contributed by atoms with van der Waals surface area (Å²) < 4.78 is 6.59. The summed E-state index contributed by atoms with van der Waals surface area (Å²) in [6.07, 6.45) is 3.41. The molecule has 2 aromatic rings. The summed E-state index contributed by atoms with van der Waals surface area (Å²) >= 11 is 0. The van der Waals surface area contributed by atoms with E-state index < -0.39 is 0 Å². The van der Waals surface area contributed by atoms with Crippen molar-refractivity contribution < 1.29 is 9.53 Å². The maximum atomic E-state index is 11.6. The zero-order valence-electron chi connectivity index (χ0n) is 11.0. The third-order valence-corrected chi connectivity index (χ3v) is 2.56. The van der Waals surface area contributed by atoms with E-state index in [1.54, 1.807) is 24.0 Å². The van der Waals surface area contributed by atoms with Gasteiger partial charge in [-0.1, -0.05) is 0 Å². The molecular weight excluding hydrogens is 246 g/mol. The van der Waals surface area contributed by atoms with E-state index in [1.807, 2.05) is 13.0 Å². The average Bonchev–Trinajstić information content (AvgIpc) is 2.77. The minimum absolute atomic E-state index is 0.0999. The molecule has 7 nitrogen and oxygen atoms in total. The minimum Gasteiger partial charge on any atom is -0.383 e. The van der Waals surface area contributed by atoms with Gasteiger partial charge >= 0.3 is 0 Å². The third-order valence-electron chi connectivity index (χ3n) is 2.56. The molecule has 102 valence electrons. The van der Waals surface area contributed by atoms with Crippen molar-refractivity contribution in [1.29, 1.82) is 0 Å². The Morgan fingerprint density at radius 3 is 3.16 bits per heavy atom. The summed E-state index contributed by atoms with van der Waals surface area (Å²) in [4.78, 5) is 15.8. The number of anilines is 1. The number of nitrogens with zero attached hydrogens (tertiary/aromatic N) is 3. The molecule has 0 fully saturated rings. The van der Waals surface area contributed by atoms with Crippen LogP contribution in [0.5, 0.6) is 0 Å². The summed E-state index contributed by atoms with van der Waals surface area (Å²) in [5.74, 6) is 0.544. The van der Waals surface area contributed by atoms with Crippen molar-refractivity contribution in [3.63, 3.8) is 0 Å². The van der Waals surface area contributed by atoms with E-state index in [0.29, 0.717) is 19.0 Å². The molecule has 2 heterocycles. The number of fused-ring (bicyclic) bond motifs is 1. The highest BCUT2D eigenvalue weighted by atomic mass is 16.5. The number of ether oxygens (including phenoxy) is 1. The Bertz CT molecular complexity index is 566. The molecule has 0 aliphatic rings. The van der Waals surface area contributed by atoms with Gasteiger partial charge in [-0.05, 0) is 13.0 Å². The second kappa shape index (κ2) is 6.14. The lowest BCUT2D eigenvalue weighted by molar-refractivity contribution is -0.119. The Morgan fingerprint density at radius 1 is 1.53 bits per heavy atom. The number of aromatic nitrogens is 3. The molecule has 0 bridgehead atoms. The second-order valence-corrected chi connectivity index (χ2v) is 4.09. The quantitative estimate of drug-likeness (QED) is 0.728. The fourth-order valence-electron chi connectivity index (χ4n) is 1.70. The van der Waals surface area contributed by atoms with Crippen LogP contribution in [0, 0.1) is 6.92 Å². The number of carbonyl (C=O) groups excluding carboxylic acids is 1. The topological polar surface area (TPSA) is 80.5 Å². The Balaban J connectivity index is 1.96. The van der Waals surface area contributed by atoms with Gasteiger partial charge < -0.3 is 15.4 Å². The van der Waals surface area contributed by atoms with Crippen molar-refractivity contribution in [3.05, 3.63) is 24.2 Å². The lowest BCUT2D eigenvalue weighted by Crippen LogP contribution is -2.32. The van der Waals surface area contributed by atoms with Crippen molar-refractivity contribution >= 4 is 17.2 Å². The van der Waals surface area contributed by atoms with Crippen LogP contribution in [0.3, 0.4) is 0 Å². The number of aryl methyl sites for hydroxylation is 1. The van der Waals surface area contributed by atoms with E-state index in [0.717, 1.165) is 11.2 Å². The molecule has 0 saturated carbocycles. The van der Waals surface area contributed by atoms with Gasteiger partial charge in [-0.15, -0.1) is 0 Å². The third kappa shape index (κ3) is 3.41. The summed E-state index contributed by atoms with van der Waals surface area (Å²) in [7, 11) is 1.59. The van der Waals surface area contributed by atoms with Crippen molar-refractivity contribution in [1.82, 2.24) is 19.9 Å². The highest BCUT2D eigenvalue weighted by Crippen LogP contribution is 2.13. The molecule has 2 aromatic heterocycles. The molecule has 0 aromatic carbocycles. The summed E-state index contributed by atoms with van der Waals surface area (Å²) in [6.45, 7) is 3.08. The van der Waals surface area contributed by atoms with Gasteiger partial charge in [-0.2, -0.15) is 5.10 Å². The molecule has 0 saturated heterocycles. The van der Waals surface area contributed by atoms with Crippen LogP contribution in [0.2, 0.25) is 0 Å². The molecule has 7 heteroatoms. The van der Waals surface area contributed by atoms with E-state index in [-0.39, 0.29) is 12.5 Å². The van der Waals surface area contributed by atoms with E-state index >= 15 is 0 Å². The van der Waals surface area contributed by atoms with Crippen LogP contribution in [-0.2, 0) is 9.53 Å². The zero-order valence-corrected chi connectivity index (χ0v) is 11.0. The van der Waals surface area contributed by atoms with Gasteiger partial charge in [0, 0.05) is 26.0 Å². The first kappa shape index (κ1) is 13.3. The molecule has 0 atom stereocenters. The number of nitrogens with one attached hydrogen (secondary N) is 2. The Kier molecular flexibility index (Phi) is 4.30. The second-order valence-electron chi connectivity index (χ2n) is 4.09. The molecule has 0 spiro atoms. The summed E-state index contributed by atoms with van der Waals surface area (Å²) in [5.41, 5.74) is 1.75. The Hall–Kier alpha value is -2.15. The van der Waals surface area contributed by atoms with Crippen molar-refractivity contribution in [2.24, 2.45) is 0 Å². The van der Waals surface area contributed by atoms with Gasteiger partial charge in [0.1, 0.15) is 5.52 Å².